The van der Waals surface area contributed by atoms with Gasteiger partial charge >= 0.3 is 5.97 Å². The number of esters is 1. The van der Waals surface area contributed by atoms with Crippen molar-refractivity contribution < 1.29 is 13.9 Å². The standard InChI is InChI=1S/C17H19FN2O2S/c18-13-10-8-12(9-11-13)15-16(23-20-19-15)17(21)22-14-6-4-2-1-3-5-7-14/h8-11,14H,1-7H2. The first-order valence-corrected chi connectivity index (χ1v) is 8.80. The summed E-state index contributed by atoms with van der Waals surface area (Å²) in [7, 11) is 0. The molecular formula is C17H19FN2O2S. The lowest BCUT2D eigenvalue weighted by atomic mass is 9.98. The molecule has 0 saturated heterocycles. The van der Waals surface area contributed by atoms with E-state index in [1.54, 1.807) is 12.1 Å². The van der Waals surface area contributed by atoms with Gasteiger partial charge in [-0.3, -0.25) is 0 Å². The highest BCUT2D eigenvalue weighted by atomic mass is 32.1. The van der Waals surface area contributed by atoms with Gasteiger partial charge in [-0.05, 0) is 61.5 Å². The van der Waals surface area contributed by atoms with Crippen LogP contribution in [0, 0.1) is 5.82 Å². The number of ether oxygens (including phenoxy) is 1. The Hall–Kier alpha value is -1.82. The zero-order chi connectivity index (χ0) is 16.1. The molecule has 4 nitrogen and oxygen atoms in total. The Labute approximate surface area is 138 Å². The molecule has 1 aromatic heterocycles. The number of nitrogens with zero attached hydrogens (tertiary/aromatic N) is 2. The van der Waals surface area contributed by atoms with Crippen molar-refractivity contribution in [2.24, 2.45) is 0 Å². The lowest BCUT2D eigenvalue weighted by molar-refractivity contribution is 0.0245. The Morgan fingerprint density at radius 1 is 1.09 bits per heavy atom. The van der Waals surface area contributed by atoms with Crippen molar-refractivity contribution in [3.63, 3.8) is 0 Å². The molecule has 0 unspecified atom stereocenters. The fraction of sp³-hybridized carbons (Fsp3) is 0.471. The lowest BCUT2D eigenvalue weighted by Gasteiger charge is -2.19. The summed E-state index contributed by atoms with van der Waals surface area (Å²) in [6, 6.07) is 5.88. The molecular weight excluding hydrogens is 315 g/mol. The van der Waals surface area contributed by atoms with Crippen molar-refractivity contribution in [1.29, 1.82) is 0 Å². The van der Waals surface area contributed by atoms with Crippen LogP contribution in [0.2, 0.25) is 0 Å². The Balaban J connectivity index is 1.72. The molecule has 1 saturated carbocycles. The number of carbonyl (C=O) groups is 1. The van der Waals surface area contributed by atoms with E-state index in [1.807, 2.05) is 0 Å². The summed E-state index contributed by atoms with van der Waals surface area (Å²) in [4.78, 5) is 12.9. The normalized spacial score (nSPS) is 16.6. The Kier molecular flexibility index (Phi) is 5.33. The average molecular weight is 334 g/mol. The highest BCUT2D eigenvalue weighted by molar-refractivity contribution is 7.08. The van der Waals surface area contributed by atoms with Crippen molar-refractivity contribution in [1.82, 2.24) is 9.59 Å². The molecule has 1 heterocycles. The van der Waals surface area contributed by atoms with E-state index >= 15 is 0 Å². The van der Waals surface area contributed by atoms with Crippen LogP contribution in [0.5, 0.6) is 0 Å². The van der Waals surface area contributed by atoms with Crippen molar-refractivity contribution >= 4 is 17.5 Å². The van der Waals surface area contributed by atoms with Crippen LogP contribution in [0.25, 0.3) is 11.3 Å². The summed E-state index contributed by atoms with van der Waals surface area (Å²) in [5, 5.41) is 4.01. The molecule has 0 bridgehead atoms. The second kappa shape index (κ2) is 7.64. The lowest BCUT2D eigenvalue weighted by Crippen LogP contribution is -2.19. The van der Waals surface area contributed by atoms with E-state index in [2.05, 4.69) is 9.59 Å². The van der Waals surface area contributed by atoms with E-state index in [0.29, 0.717) is 16.1 Å². The van der Waals surface area contributed by atoms with Crippen molar-refractivity contribution in [3.8, 4) is 11.3 Å². The van der Waals surface area contributed by atoms with Crippen LogP contribution in [0.3, 0.4) is 0 Å². The second-order valence-electron chi connectivity index (χ2n) is 5.83. The van der Waals surface area contributed by atoms with Gasteiger partial charge in [-0.25, -0.2) is 9.18 Å². The molecule has 0 aliphatic heterocycles. The summed E-state index contributed by atoms with van der Waals surface area (Å²) >= 11 is 1.03. The van der Waals surface area contributed by atoms with Crippen molar-refractivity contribution in [3.05, 3.63) is 35.0 Å². The fourth-order valence-electron chi connectivity index (χ4n) is 2.86. The molecule has 2 aromatic rings. The van der Waals surface area contributed by atoms with Crippen molar-refractivity contribution in [2.75, 3.05) is 0 Å². The summed E-state index contributed by atoms with van der Waals surface area (Å²) < 4.78 is 22.6. The highest BCUT2D eigenvalue weighted by Gasteiger charge is 2.23. The summed E-state index contributed by atoms with van der Waals surface area (Å²) in [6.07, 6.45) is 7.70. The van der Waals surface area contributed by atoms with Gasteiger partial charge in [0.2, 0.25) is 0 Å². The van der Waals surface area contributed by atoms with Crippen LogP contribution >= 0.6 is 11.5 Å². The second-order valence-corrected chi connectivity index (χ2v) is 6.58. The van der Waals surface area contributed by atoms with Crippen LogP contribution in [0.15, 0.2) is 24.3 Å². The molecule has 0 amide bonds. The predicted molar refractivity (Wildman–Crippen MR) is 86.8 cm³/mol. The Bertz CT molecular complexity index is 649. The minimum Gasteiger partial charge on any atom is -0.458 e. The summed E-state index contributed by atoms with van der Waals surface area (Å²) in [5.41, 5.74) is 1.13. The molecule has 0 N–H and O–H groups in total. The van der Waals surface area contributed by atoms with E-state index in [-0.39, 0.29) is 17.9 Å². The van der Waals surface area contributed by atoms with Gasteiger partial charge in [0, 0.05) is 5.56 Å². The quantitative estimate of drug-likeness (QED) is 0.769. The zero-order valence-electron chi connectivity index (χ0n) is 12.8. The van der Waals surface area contributed by atoms with Crippen LogP contribution < -0.4 is 0 Å². The summed E-state index contributed by atoms with van der Waals surface area (Å²) in [6.45, 7) is 0. The third-order valence-electron chi connectivity index (χ3n) is 4.12. The van der Waals surface area contributed by atoms with Gasteiger partial charge < -0.3 is 4.74 Å². The molecule has 1 fully saturated rings. The number of hydrogen-bond donors (Lipinski definition) is 0. The molecule has 3 rings (SSSR count). The zero-order valence-corrected chi connectivity index (χ0v) is 13.7. The topological polar surface area (TPSA) is 52.1 Å². The maximum Gasteiger partial charge on any atom is 0.352 e. The number of benzene rings is 1. The van der Waals surface area contributed by atoms with E-state index < -0.39 is 0 Å². The predicted octanol–water partition coefficient (Wildman–Crippen LogP) is 4.61. The summed E-state index contributed by atoms with van der Waals surface area (Å²) in [5.74, 6) is -0.694. The van der Waals surface area contributed by atoms with Gasteiger partial charge in [0.25, 0.3) is 0 Å². The van der Waals surface area contributed by atoms with Crippen molar-refractivity contribution in [2.45, 2.75) is 51.0 Å². The largest absolute Gasteiger partial charge is 0.458 e. The fourth-order valence-corrected chi connectivity index (χ4v) is 3.43. The van der Waals surface area contributed by atoms with Crippen LogP contribution in [-0.2, 0) is 4.74 Å². The first kappa shape index (κ1) is 16.1. The monoisotopic (exact) mass is 334 g/mol. The third-order valence-corrected chi connectivity index (χ3v) is 4.82. The number of rotatable bonds is 3. The molecule has 122 valence electrons. The van der Waals surface area contributed by atoms with E-state index in [1.165, 1.54) is 31.4 Å². The molecule has 23 heavy (non-hydrogen) atoms. The molecule has 0 spiro atoms. The number of carbonyl (C=O) groups excluding carboxylic acids is 1. The first-order valence-electron chi connectivity index (χ1n) is 8.03. The van der Waals surface area contributed by atoms with E-state index in [0.717, 1.165) is 37.2 Å². The highest BCUT2D eigenvalue weighted by Crippen LogP contribution is 2.27. The number of halogens is 1. The molecule has 1 aromatic carbocycles. The molecule has 1 aliphatic carbocycles. The third kappa shape index (κ3) is 4.13. The smallest absolute Gasteiger partial charge is 0.352 e. The Morgan fingerprint density at radius 3 is 2.43 bits per heavy atom. The van der Waals surface area contributed by atoms with Gasteiger partial charge in [0.05, 0.1) is 0 Å². The molecule has 0 atom stereocenters. The SMILES string of the molecule is O=C(OC1CCCCCCC1)c1snnc1-c1ccc(F)cc1. The molecule has 6 heteroatoms. The van der Waals surface area contributed by atoms with E-state index in [9.17, 15) is 9.18 Å². The first-order chi connectivity index (χ1) is 11.2. The maximum absolute atomic E-state index is 13.0. The van der Waals surface area contributed by atoms with Crippen LogP contribution in [-0.4, -0.2) is 21.7 Å². The Morgan fingerprint density at radius 2 is 1.74 bits per heavy atom. The van der Waals surface area contributed by atoms with Gasteiger partial charge in [0.15, 0.2) is 4.88 Å². The van der Waals surface area contributed by atoms with Gasteiger partial charge in [0.1, 0.15) is 17.6 Å². The van der Waals surface area contributed by atoms with Gasteiger partial charge in [-0.15, -0.1) is 5.10 Å². The van der Waals surface area contributed by atoms with Gasteiger partial charge in [-0.2, -0.15) is 0 Å². The average Bonchev–Trinajstić information content (AvgIpc) is 3.00. The number of hydrogen-bond acceptors (Lipinski definition) is 5. The molecule has 1 aliphatic rings. The minimum atomic E-state index is -0.370. The van der Waals surface area contributed by atoms with Gasteiger partial charge in [-0.1, -0.05) is 23.8 Å². The maximum atomic E-state index is 13.0. The van der Waals surface area contributed by atoms with E-state index in [4.69, 9.17) is 4.74 Å². The van der Waals surface area contributed by atoms with Crippen LogP contribution in [0.1, 0.15) is 54.6 Å². The number of aromatic nitrogens is 2. The van der Waals surface area contributed by atoms with Crippen LogP contribution in [0.4, 0.5) is 4.39 Å². The minimum absolute atomic E-state index is 0.0223. The molecule has 0 radical (unpaired) electrons.